The van der Waals surface area contributed by atoms with E-state index in [0.717, 1.165) is 48.3 Å². The number of unbranched alkanes of at least 4 members (excludes halogenated alkanes) is 5. The smallest absolute Gasteiger partial charge is 0.320 e. The summed E-state index contributed by atoms with van der Waals surface area (Å²) in [5, 5.41) is 94.3. The summed E-state index contributed by atoms with van der Waals surface area (Å²) < 4.78 is 0. The molecule has 1 aromatic rings. The molecule has 15 N–H and O–H groups in total. The molecule has 8 amide bonds. The van der Waals surface area contributed by atoms with Gasteiger partial charge < -0.3 is 82.7 Å². The number of fused-ring (bicyclic) bond motifs is 2. The van der Waals surface area contributed by atoms with E-state index >= 15 is 0 Å². The fourth-order valence-corrected chi connectivity index (χ4v) is 10.7. The highest BCUT2D eigenvalue weighted by Gasteiger charge is 2.48. The maximum atomic E-state index is 14.7. The number of likely N-dealkylation sites (N-methyl/N-ethyl adjacent to an activating group) is 1. The van der Waals surface area contributed by atoms with Crippen LogP contribution < -0.4 is 43.1 Å². The van der Waals surface area contributed by atoms with Crippen molar-refractivity contribution in [2.45, 2.75) is 210 Å². The van der Waals surface area contributed by atoms with Crippen LogP contribution in [0.25, 0.3) is 0 Å². The third-order valence-corrected chi connectivity index (χ3v) is 15.6. The van der Waals surface area contributed by atoms with E-state index in [1.165, 1.54) is 20.2 Å². The van der Waals surface area contributed by atoms with E-state index in [1.54, 1.807) is 43.3 Å². The standard InChI is InChI=1S/C55H93BN10O15/c1-8-31(2)25-32(3)15-13-11-9-10-12-14-16-44(74)59-37-28-42(72)49(58-22-24-64(6)7)63-53(78)48-39(69)21-23-65(48)55(80)47(41(71)29-43(57)73)62-52(77)46(40(70)26-34-17-19-35(20-18-34)56(5)81)61-51(76)38-27-36(68)30-66(38)54(79)45(33(4)67)60-50(37)75/h17-20,31-33,36-42,45-49,58,67-72,81H,8-16,21-30H2,1-7H3,(H2,57,73)(H,59,74)(H,60,75)(H,61,76)(H,62,77)(H,63,78)/t31-,32+,33+,36+,37-,38?,39-,40?,41+,42+,45?,46?,47?,48?,49?/m0/s1. The predicted octanol–water partition coefficient (Wildman–Crippen LogP) is -3.56. The Morgan fingerprint density at radius 1 is 0.765 bits per heavy atom. The summed E-state index contributed by atoms with van der Waals surface area (Å²) in [7, 11) is 3.52. The molecule has 3 aliphatic heterocycles. The first kappa shape index (κ1) is 68.2. The number of hydrogen-bond donors (Lipinski definition) is 14. The van der Waals surface area contributed by atoms with Gasteiger partial charge in [0, 0.05) is 51.9 Å². The normalized spacial score (nSPS) is 27.4. The van der Waals surface area contributed by atoms with Gasteiger partial charge >= 0.3 is 6.92 Å². The zero-order valence-corrected chi connectivity index (χ0v) is 48.3. The zero-order chi connectivity index (χ0) is 60.2. The Kier molecular flexibility index (Phi) is 27.9. The Hall–Kier alpha value is -5.32. The molecule has 26 heteroatoms. The first-order valence-electron chi connectivity index (χ1n) is 28.9. The van der Waals surface area contributed by atoms with Crippen molar-refractivity contribution >= 4 is 59.6 Å². The molecule has 25 nitrogen and oxygen atoms in total. The van der Waals surface area contributed by atoms with Crippen LogP contribution in [-0.4, -0.2) is 224 Å². The van der Waals surface area contributed by atoms with E-state index in [1.807, 2.05) is 0 Å². The molecule has 3 saturated heterocycles. The van der Waals surface area contributed by atoms with Gasteiger partial charge in [-0.3, -0.25) is 43.7 Å². The summed E-state index contributed by atoms with van der Waals surface area (Å²) >= 11 is 0. The molecule has 456 valence electrons. The molecule has 81 heavy (non-hydrogen) atoms. The average molecular weight is 1150 g/mol. The number of aliphatic hydroxyl groups is 6. The van der Waals surface area contributed by atoms with Gasteiger partial charge in [0.05, 0.1) is 43.0 Å². The highest BCUT2D eigenvalue weighted by Crippen LogP contribution is 2.25. The molecule has 3 aliphatic rings. The molecule has 3 heterocycles. The highest BCUT2D eigenvalue weighted by molar-refractivity contribution is 6.64. The summed E-state index contributed by atoms with van der Waals surface area (Å²) in [5.41, 5.74) is 6.35. The van der Waals surface area contributed by atoms with E-state index in [-0.39, 0.29) is 32.4 Å². The van der Waals surface area contributed by atoms with Gasteiger partial charge in [0.25, 0.3) is 0 Å². The van der Waals surface area contributed by atoms with Crippen LogP contribution in [0.5, 0.6) is 0 Å². The number of primary amides is 1. The number of nitrogens with two attached hydrogens (primary N) is 1. The second-order valence-electron chi connectivity index (χ2n) is 23.0. The minimum Gasteiger partial charge on any atom is -0.447 e. The van der Waals surface area contributed by atoms with Gasteiger partial charge in [-0.2, -0.15) is 0 Å². The number of carbonyl (C=O) groups is 8. The van der Waals surface area contributed by atoms with Gasteiger partial charge in [0.1, 0.15) is 42.4 Å². The Bertz CT molecular complexity index is 2230. The summed E-state index contributed by atoms with van der Waals surface area (Å²) in [5.74, 6) is -7.19. The molecule has 4 rings (SSSR count). The first-order valence-corrected chi connectivity index (χ1v) is 28.9. The monoisotopic (exact) mass is 1140 g/mol. The number of hydrogen-bond acceptors (Lipinski definition) is 17. The second kappa shape index (κ2) is 33.1. The van der Waals surface area contributed by atoms with Crippen LogP contribution in [0.3, 0.4) is 0 Å². The summed E-state index contributed by atoms with van der Waals surface area (Å²) in [6.45, 7) is 8.20. The topological polar surface area (TPSA) is 386 Å². The van der Waals surface area contributed by atoms with Crippen LogP contribution in [-0.2, 0) is 44.8 Å². The highest BCUT2D eigenvalue weighted by atomic mass is 16.3. The summed E-state index contributed by atoms with van der Waals surface area (Å²) in [6.07, 6.45) is -5.67. The number of nitrogens with zero attached hydrogens (tertiary/aromatic N) is 3. The molecular weight excluding hydrogens is 1050 g/mol. The number of benzene rings is 1. The maximum Gasteiger partial charge on any atom is 0.320 e. The van der Waals surface area contributed by atoms with Crippen LogP contribution in [0.15, 0.2) is 24.3 Å². The number of aliphatic hydroxyl groups excluding tert-OH is 6. The van der Waals surface area contributed by atoms with Crippen LogP contribution in [0.4, 0.5) is 0 Å². The van der Waals surface area contributed by atoms with Crippen LogP contribution in [0.2, 0.25) is 6.82 Å². The van der Waals surface area contributed by atoms with Crippen molar-refractivity contribution in [2.75, 3.05) is 40.3 Å². The molecule has 0 saturated carbocycles. The molecule has 0 aliphatic carbocycles. The number of amides is 8. The Morgan fingerprint density at radius 2 is 1.38 bits per heavy atom. The Morgan fingerprint density at radius 3 is 2.00 bits per heavy atom. The maximum absolute atomic E-state index is 14.7. The quantitative estimate of drug-likeness (QED) is 0.0333. The van der Waals surface area contributed by atoms with E-state index in [4.69, 9.17) is 5.73 Å². The molecule has 0 radical (unpaired) electrons. The number of carbonyl (C=O) groups excluding carboxylic acids is 8. The van der Waals surface area contributed by atoms with Gasteiger partial charge in [-0.05, 0) is 63.1 Å². The van der Waals surface area contributed by atoms with Gasteiger partial charge in [0.15, 0.2) is 0 Å². The molecule has 15 atom stereocenters. The lowest BCUT2D eigenvalue weighted by Crippen LogP contribution is -2.64. The van der Waals surface area contributed by atoms with Crippen LogP contribution >= 0.6 is 0 Å². The minimum atomic E-state index is -2.13. The predicted molar refractivity (Wildman–Crippen MR) is 300 cm³/mol. The first-order chi connectivity index (χ1) is 38.2. The molecule has 0 aromatic heterocycles. The van der Waals surface area contributed by atoms with Crippen molar-refractivity contribution in [2.24, 2.45) is 17.6 Å². The summed E-state index contributed by atoms with van der Waals surface area (Å²) in [6, 6.07) is -4.84. The van der Waals surface area contributed by atoms with Gasteiger partial charge in [-0.1, -0.05) is 96.8 Å². The molecule has 0 spiro atoms. The molecule has 0 bridgehead atoms. The van der Waals surface area contributed by atoms with Gasteiger partial charge in [-0.25, -0.2) is 0 Å². The van der Waals surface area contributed by atoms with E-state index in [2.05, 4.69) is 52.7 Å². The van der Waals surface area contributed by atoms with Crippen molar-refractivity contribution in [1.29, 1.82) is 0 Å². The lowest BCUT2D eigenvalue weighted by atomic mass is 9.64. The Balaban J connectivity index is 1.76. The minimum absolute atomic E-state index is 0.0187. The second-order valence-corrected chi connectivity index (χ2v) is 23.0. The zero-order valence-electron chi connectivity index (χ0n) is 48.3. The van der Waals surface area contributed by atoms with E-state index < -0.39 is 159 Å². The lowest BCUT2D eigenvalue weighted by Gasteiger charge is -2.34. The summed E-state index contributed by atoms with van der Waals surface area (Å²) in [4.78, 5) is 117. The third kappa shape index (κ3) is 21.1. The molecule has 1 aromatic carbocycles. The van der Waals surface area contributed by atoms with E-state index in [0.29, 0.717) is 42.2 Å². The average Bonchev–Trinajstić information content (AvgIpc) is 4.18. The largest absolute Gasteiger partial charge is 0.447 e. The number of nitrogens with one attached hydrogen (secondary N) is 6. The van der Waals surface area contributed by atoms with Crippen LogP contribution in [0, 0.1) is 11.8 Å². The Labute approximate surface area is 476 Å². The van der Waals surface area contributed by atoms with Crippen molar-refractivity contribution in [3.05, 3.63) is 29.8 Å². The van der Waals surface area contributed by atoms with Crippen molar-refractivity contribution in [1.82, 2.24) is 46.6 Å². The van der Waals surface area contributed by atoms with E-state index in [9.17, 15) is 74.0 Å². The molecular formula is C55H93BN10O15. The lowest BCUT2D eigenvalue weighted by molar-refractivity contribution is -0.148. The molecule has 3 fully saturated rings. The SMILES string of the molecule is CC[C@H](C)C[C@H](C)CCCCCCCCC(=O)N[C@H]1C[C@@H](O)C(NCCN(C)C)NC(=O)C2[C@@H](O)CCN2C(=O)C([C@H](O)CC(N)=O)NC(=O)C(C(O)Cc2ccc(B(C)O)cc2)NC(=O)C2C[C@@H](O)CN2C(=O)C([C@@H](C)O)NC1=O. The van der Waals surface area contributed by atoms with Crippen molar-refractivity contribution < 1.29 is 74.0 Å². The van der Waals surface area contributed by atoms with Crippen molar-refractivity contribution in [3.63, 3.8) is 0 Å². The van der Waals surface area contributed by atoms with Crippen LogP contribution in [0.1, 0.15) is 123 Å². The fraction of sp³-hybridized carbons (Fsp3) is 0.745. The van der Waals surface area contributed by atoms with Gasteiger partial charge in [-0.15, -0.1) is 0 Å². The fourth-order valence-electron chi connectivity index (χ4n) is 10.7. The molecule has 7 unspecified atom stereocenters. The van der Waals surface area contributed by atoms with Gasteiger partial charge in [0.2, 0.25) is 47.3 Å². The number of rotatable bonds is 25. The third-order valence-electron chi connectivity index (χ3n) is 15.6. The van der Waals surface area contributed by atoms with Crippen molar-refractivity contribution in [3.8, 4) is 0 Å².